The SMILES string of the molecule is CC(=O)N[C@H]1[C@H]([C@H](O)[C@H](O)CO)O[C@@](O[C@H]2[C@@H](O)[C@@H](CO)O[C@@H](O[C@H]3[C@@H](O)[C@@H](CO)OC(O)[C@@H]3NC(C)=O)[C@@H]2O)(C(=O)[O-])C[C@@H]1O. The summed E-state index contributed by atoms with van der Waals surface area (Å²) in [5, 5.41) is 121. The van der Waals surface area contributed by atoms with Crippen molar-refractivity contribution in [3.05, 3.63) is 0 Å². The van der Waals surface area contributed by atoms with Crippen molar-refractivity contribution in [2.75, 3.05) is 19.8 Å². The van der Waals surface area contributed by atoms with E-state index in [1.54, 1.807) is 0 Å². The van der Waals surface area contributed by atoms with Crippen LogP contribution in [0, 0.1) is 0 Å². The largest absolute Gasteiger partial charge is 0.544 e. The Bertz CT molecular complexity index is 1050. The van der Waals surface area contributed by atoms with E-state index in [-0.39, 0.29) is 0 Å². The van der Waals surface area contributed by atoms with Gasteiger partial charge in [-0.2, -0.15) is 0 Å². The normalized spacial score (nSPS) is 42.9. The van der Waals surface area contributed by atoms with Crippen LogP contribution in [0.2, 0.25) is 0 Å². The van der Waals surface area contributed by atoms with Gasteiger partial charge in [0.1, 0.15) is 73.1 Å². The van der Waals surface area contributed by atoms with E-state index in [0.717, 1.165) is 13.8 Å². The third-order valence-electron chi connectivity index (χ3n) is 7.85. The number of nitrogens with one attached hydrogen (secondary N) is 2. The van der Waals surface area contributed by atoms with Gasteiger partial charge in [0, 0.05) is 20.3 Å². The molecule has 3 fully saturated rings. The smallest absolute Gasteiger partial charge is 0.217 e. The third kappa shape index (κ3) is 8.08. The van der Waals surface area contributed by atoms with Crippen molar-refractivity contribution < 1.29 is 94.2 Å². The molecule has 46 heavy (non-hydrogen) atoms. The number of ether oxygens (including phenoxy) is 5. The third-order valence-corrected chi connectivity index (χ3v) is 7.85. The second kappa shape index (κ2) is 15.8. The summed E-state index contributed by atoms with van der Waals surface area (Å²) in [6.07, 6.45) is -26.2. The Hall–Kier alpha value is -2.19. The van der Waals surface area contributed by atoms with Gasteiger partial charge in [-0.1, -0.05) is 0 Å². The van der Waals surface area contributed by atoms with Gasteiger partial charge in [-0.3, -0.25) is 9.59 Å². The highest BCUT2D eigenvalue weighted by Gasteiger charge is 2.57. The number of aliphatic carboxylic acids is 1. The number of carboxylic acids is 1. The Balaban J connectivity index is 1.98. The van der Waals surface area contributed by atoms with E-state index >= 15 is 0 Å². The molecule has 21 nitrogen and oxygen atoms in total. The fourth-order valence-corrected chi connectivity index (χ4v) is 5.55. The summed E-state index contributed by atoms with van der Waals surface area (Å²) < 4.78 is 27.1. The molecule has 21 heteroatoms. The van der Waals surface area contributed by atoms with E-state index in [0.29, 0.717) is 0 Å². The van der Waals surface area contributed by atoms with E-state index in [1.807, 2.05) is 0 Å². The van der Waals surface area contributed by atoms with Gasteiger partial charge in [0.2, 0.25) is 17.6 Å². The van der Waals surface area contributed by atoms with Crippen LogP contribution in [0.1, 0.15) is 20.3 Å². The number of carbonyl (C=O) groups is 3. The summed E-state index contributed by atoms with van der Waals surface area (Å²) in [5.74, 6) is -6.88. The molecule has 0 radical (unpaired) electrons. The van der Waals surface area contributed by atoms with Crippen LogP contribution in [-0.4, -0.2) is 186 Å². The van der Waals surface area contributed by atoms with Crippen LogP contribution in [0.3, 0.4) is 0 Å². The van der Waals surface area contributed by atoms with Crippen molar-refractivity contribution in [1.82, 2.24) is 10.6 Å². The van der Waals surface area contributed by atoms with Crippen molar-refractivity contribution in [1.29, 1.82) is 0 Å². The number of hydrogen-bond acceptors (Lipinski definition) is 19. The van der Waals surface area contributed by atoms with Crippen molar-refractivity contribution >= 4 is 17.8 Å². The molecule has 0 aliphatic carbocycles. The fourth-order valence-electron chi connectivity index (χ4n) is 5.55. The molecule has 0 saturated carbocycles. The molecule has 12 N–H and O–H groups in total. The molecule has 0 aromatic carbocycles. The topological polar surface area (TPSA) is 347 Å². The summed E-state index contributed by atoms with van der Waals surface area (Å²) in [6.45, 7) is -0.833. The van der Waals surface area contributed by atoms with Gasteiger partial charge in [-0.15, -0.1) is 0 Å². The van der Waals surface area contributed by atoms with Gasteiger partial charge in [-0.25, -0.2) is 0 Å². The van der Waals surface area contributed by atoms with E-state index in [2.05, 4.69) is 10.6 Å². The molecule has 1 unspecified atom stereocenters. The van der Waals surface area contributed by atoms with Gasteiger partial charge in [0.05, 0.1) is 32.0 Å². The lowest BCUT2D eigenvalue weighted by Crippen LogP contribution is -2.72. The number of rotatable bonds is 12. The van der Waals surface area contributed by atoms with E-state index < -0.39 is 142 Å². The van der Waals surface area contributed by atoms with Crippen LogP contribution in [-0.2, 0) is 38.1 Å². The molecular weight excluding hydrogens is 632 g/mol. The predicted molar refractivity (Wildman–Crippen MR) is 139 cm³/mol. The molecule has 16 atom stereocenters. The Kier molecular flexibility index (Phi) is 13.1. The van der Waals surface area contributed by atoms with Crippen LogP contribution in [0.25, 0.3) is 0 Å². The van der Waals surface area contributed by atoms with E-state index in [9.17, 15) is 70.6 Å². The van der Waals surface area contributed by atoms with Gasteiger partial charge >= 0.3 is 0 Å². The molecule has 0 aromatic rings. The Morgan fingerprint density at radius 2 is 1.41 bits per heavy atom. The van der Waals surface area contributed by atoms with Crippen LogP contribution < -0.4 is 15.7 Å². The number of carboxylic acid groups (broad SMARTS) is 1. The number of aliphatic hydroxyl groups excluding tert-OH is 10. The lowest BCUT2D eigenvalue weighted by Gasteiger charge is -2.52. The van der Waals surface area contributed by atoms with Gasteiger partial charge < -0.3 is 95.3 Å². The summed E-state index contributed by atoms with van der Waals surface area (Å²) in [7, 11) is 0. The van der Waals surface area contributed by atoms with Crippen LogP contribution in [0.5, 0.6) is 0 Å². The molecular formula is C25H41N2O19-. The lowest BCUT2D eigenvalue weighted by atomic mass is 9.88. The monoisotopic (exact) mass is 673 g/mol. The summed E-state index contributed by atoms with van der Waals surface area (Å²) in [6, 6.07) is -3.12. The van der Waals surface area contributed by atoms with Gasteiger partial charge in [-0.05, 0) is 0 Å². The van der Waals surface area contributed by atoms with Gasteiger partial charge in [0.15, 0.2) is 12.6 Å². The van der Waals surface area contributed by atoms with Crippen LogP contribution >= 0.6 is 0 Å². The first kappa shape index (κ1) is 38.3. The molecule has 0 bridgehead atoms. The number of carbonyl (C=O) groups excluding carboxylic acids is 3. The Labute approximate surface area is 260 Å². The molecule has 3 heterocycles. The first-order valence-electron chi connectivity index (χ1n) is 14.2. The predicted octanol–water partition coefficient (Wildman–Crippen LogP) is -9.41. The zero-order valence-electron chi connectivity index (χ0n) is 24.6. The average Bonchev–Trinajstić information content (AvgIpc) is 2.99. The minimum absolute atomic E-state index is 0.726. The molecule has 266 valence electrons. The zero-order valence-corrected chi connectivity index (χ0v) is 24.6. The molecule has 3 aliphatic rings. The minimum Gasteiger partial charge on any atom is -0.544 e. The zero-order chi connectivity index (χ0) is 34.7. The highest BCUT2D eigenvalue weighted by Crippen LogP contribution is 2.37. The molecule has 3 aliphatic heterocycles. The fraction of sp³-hybridized carbons (Fsp3) is 0.880. The summed E-state index contributed by atoms with van der Waals surface area (Å²) in [4.78, 5) is 36.1. The van der Waals surface area contributed by atoms with E-state index in [4.69, 9.17) is 23.7 Å². The first-order valence-corrected chi connectivity index (χ1v) is 14.2. The van der Waals surface area contributed by atoms with Crippen molar-refractivity contribution in [3.63, 3.8) is 0 Å². The van der Waals surface area contributed by atoms with Crippen LogP contribution in [0.15, 0.2) is 0 Å². The standard InChI is InChI=1S/C25H42N2O19/c1-7(31)26-13-9(33)3-25(24(40)41,45-20(13)15(35)10(34)4-28)46-21-17(37)12(6-30)43-23(18(21)38)44-19-14(27-8(2)32)22(39)42-11(5-29)16(19)36/h9-23,28-30,33-39H,3-6H2,1-2H3,(H,26,31)(H,27,32)(H,40,41)/p-1/t9-,10+,11+,12+,13+,14+,15+,16-,17-,18+,19+,20+,21-,22?,23-,25-/m0/s1. The Morgan fingerprint density at radius 3 is 1.93 bits per heavy atom. The van der Waals surface area contributed by atoms with Gasteiger partial charge in [0.25, 0.3) is 0 Å². The quantitative estimate of drug-likeness (QED) is 0.0914. The van der Waals surface area contributed by atoms with Crippen molar-refractivity contribution in [2.24, 2.45) is 0 Å². The number of hydrogen-bond donors (Lipinski definition) is 12. The minimum atomic E-state index is -3.15. The maximum absolute atomic E-state index is 12.5. The second-order valence-electron chi connectivity index (χ2n) is 11.2. The van der Waals surface area contributed by atoms with E-state index in [1.165, 1.54) is 0 Å². The average molecular weight is 674 g/mol. The number of aliphatic hydroxyl groups is 10. The van der Waals surface area contributed by atoms with Crippen molar-refractivity contribution in [2.45, 2.75) is 118 Å². The molecule has 0 spiro atoms. The highest BCUT2D eigenvalue weighted by molar-refractivity contribution is 5.75. The molecule has 3 saturated heterocycles. The summed E-state index contributed by atoms with van der Waals surface area (Å²) in [5.41, 5.74) is 0. The first-order chi connectivity index (χ1) is 21.5. The Morgan fingerprint density at radius 1 is 0.870 bits per heavy atom. The van der Waals surface area contributed by atoms with Crippen LogP contribution in [0.4, 0.5) is 0 Å². The highest BCUT2D eigenvalue weighted by atomic mass is 16.8. The lowest BCUT2D eigenvalue weighted by molar-refractivity contribution is -0.410. The maximum atomic E-state index is 12.5. The number of amides is 2. The molecule has 2 amide bonds. The van der Waals surface area contributed by atoms with Crippen molar-refractivity contribution in [3.8, 4) is 0 Å². The molecule has 3 rings (SSSR count). The molecule has 0 aromatic heterocycles. The summed E-state index contributed by atoms with van der Waals surface area (Å²) >= 11 is 0. The second-order valence-corrected chi connectivity index (χ2v) is 11.2. The maximum Gasteiger partial charge on any atom is 0.217 e.